The highest BCUT2D eigenvalue weighted by Gasteiger charge is 2.16. The number of carbonyl (C=O) groups is 2. The molecule has 4 N–H and O–H groups in total. The molecule has 0 spiro atoms. The summed E-state index contributed by atoms with van der Waals surface area (Å²) in [4.78, 5) is 23.0. The van der Waals surface area contributed by atoms with E-state index < -0.39 is 5.97 Å². The van der Waals surface area contributed by atoms with Gasteiger partial charge in [-0.05, 0) is 19.1 Å². The van der Waals surface area contributed by atoms with Crippen LogP contribution in [0.1, 0.15) is 17.3 Å². The van der Waals surface area contributed by atoms with Crippen molar-refractivity contribution in [3.63, 3.8) is 0 Å². The van der Waals surface area contributed by atoms with E-state index in [1.165, 1.54) is 19.2 Å². The van der Waals surface area contributed by atoms with Crippen molar-refractivity contribution in [3.8, 4) is 0 Å². The van der Waals surface area contributed by atoms with E-state index in [4.69, 9.17) is 17.3 Å². The molecule has 0 saturated heterocycles. The van der Waals surface area contributed by atoms with Gasteiger partial charge in [0.2, 0.25) is 5.91 Å². The Bertz CT molecular complexity index is 491. The smallest absolute Gasteiger partial charge is 0.340 e. The quantitative estimate of drug-likeness (QED) is 0.559. The van der Waals surface area contributed by atoms with Crippen LogP contribution in [0.4, 0.5) is 11.4 Å². The first-order valence-corrected chi connectivity index (χ1v) is 6.05. The minimum Gasteiger partial charge on any atom is -0.465 e. The lowest BCUT2D eigenvalue weighted by Crippen LogP contribution is -2.30. The van der Waals surface area contributed by atoms with Gasteiger partial charge in [-0.15, -0.1) is 0 Å². The fourth-order valence-corrected chi connectivity index (χ4v) is 1.80. The molecule has 1 aromatic carbocycles. The molecule has 1 rings (SSSR count). The molecule has 0 bridgehead atoms. The number of nitrogens with two attached hydrogens (primary N) is 1. The summed E-state index contributed by atoms with van der Waals surface area (Å²) in [7, 11) is 1.26. The average molecular weight is 286 g/mol. The molecule has 0 aliphatic heterocycles. The summed E-state index contributed by atoms with van der Waals surface area (Å²) in [5.74, 6) is -0.779. The van der Waals surface area contributed by atoms with Crippen molar-refractivity contribution in [1.82, 2.24) is 5.32 Å². The van der Waals surface area contributed by atoms with Gasteiger partial charge >= 0.3 is 5.97 Å². The number of methoxy groups -OCH3 is 1. The van der Waals surface area contributed by atoms with Crippen LogP contribution in [0.25, 0.3) is 0 Å². The summed E-state index contributed by atoms with van der Waals surface area (Å²) in [6.07, 6.45) is 0. The van der Waals surface area contributed by atoms with E-state index in [0.29, 0.717) is 17.9 Å². The second kappa shape index (κ2) is 6.84. The normalized spacial score (nSPS) is 9.84. The Morgan fingerprint density at radius 2 is 2.11 bits per heavy atom. The summed E-state index contributed by atoms with van der Waals surface area (Å²) in [6, 6.07) is 2.94. The lowest BCUT2D eigenvalue weighted by atomic mass is 10.1. The predicted molar refractivity (Wildman–Crippen MR) is 74.4 cm³/mol. The van der Waals surface area contributed by atoms with E-state index in [1.54, 1.807) is 0 Å². The highest BCUT2D eigenvalue weighted by molar-refractivity contribution is 6.34. The lowest BCUT2D eigenvalue weighted by Gasteiger charge is -2.13. The van der Waals surface area contributed by atoms with Crippen molar-refractivity contribution < 1.29 is 14.3 Å². The molecule has 6 nitrogen and oxygen atoms in total. The molecule has 1 aromatic rings. The molecule has 0 saturated carbocycles. The Labute approximate surface area is 116 Å². The van der Waals surface area contributed by atoms with E-state index in [-0.39, 0.29) is 23.0 Å². The number of benzene rings is 1. The van der Waals surface area contributed by atoms with Crippen molar-refractivity contribution in [1.29, 1.82) is 0 Å². The van der Waals surface area contributed by atoms with Gasteiger partial charge in [0.25, 0.3) is 0 Å². The van der Waals surface area contributed by atoms with Gasteiger partial charge in [-0.1, -0.05) is 11.6 Å². The number of esters is 1. The largest absolute Gasteiger partial charge is 0.465 e. The monoisotopic (exact) mass is 285 g/mol. The second-order valence-electron chi connectivity index (χ2n) is 3.72. The number of anilines is 2. The Balaban J connectivity index is 2.98. The number of hydrogen-bond acceptors (Lipinski definition) is 5. The van der Waals surface area contributed by atoms with E-state index in [0.717, 1.165) is 0 Å². The molecule has 0 radical (unpaired) electrons. The highest BCUT2D eigenvalue weighted by atomic mass is 35.5. The van der Waals surface area contributed by atoms with Gasteiger partial charge in [0.15, 0.2) is 0 Å². The number of carbonyl (C=O) groups excluding carboxylic acids is 2. The molecule has 0 fully saturated rings. The Hall–Kier alpha value is -1.95. The lowest BCUT2D eigenvalue weighted by molar-refractivity contribution is -0.119. The third kappa shape index (κ3) is 4.03. The molecule has 0 aliphatic carbocycles. The number of amides is 1. The molecule has 0 aromatic heterocycles. The topological polar surface area (TPSA) is 93.5 Å². The number of nitrogens with one attached hydrogen (secondary N) is 2. The van der Waals surface area contributed by atoms with Crippen LogP contribution in [0, 0.1) is 0 Å². The SMILES string of the molecule is CCNC(=O)CNc1c(Cl)cc(N)cc1C(=O)OC. The van der Waals surface area contributed by atoms with Crippen LogP contribution in [0.15, 0.2) is 12.1 Å². The molecule has 7 heteroatoms. The van der Waals surface area contributed by atoms with Gasteiger partial charge in [-0.3, -0.25) is 4.79 Å². The van der Waals surface area contributed by atoms with Crippen LogP contribution >= 0.6 is 11.6 Å². The van der Waals surface area contributed by atoms with Crippen LogP contribution in [0.3, 0.4) is 0 Å². The maximum Gasteiger partial charge on any atom is 0.340 e. The van der Waals surface area contributed by atoms with Gasteiger partial charge in [-0.2, -0.15) is 0 Å². The number of likely N-dealkylation sites (N-methyl/N-ethyl adjacent to an activating group) is 1. The zero-order chi connectivity index (χ0) is 14.4. The molecule has 104 valence electrons. The van der Waals surface area contributed by atoms with E-state index in [2.05, 4.69) is 15.4 Å². The van der Waals surface area contributed by atoms with E-state index in [9.17, 15) is 9.59 Å². The van der Waals surface area contributed by atoms with Gasteiger partial charge in [0.1, 0.15) is 0 Å². The Morgan fingerprint density at radius 1 is 1.42 bits per heavy atom. The standard InChI is InChI=1S/C12H16ClN3O3/c1-3-15-10(17)6-16-11-8(12(18)19-2)4-7(14)5-9(11)13/h4-5,16H,3,6,14H2,1-2H3,(H,15,17). The molecular weight excluding hydrogens is 270 g/mol. The molecular formula is C12H16ClN3O3. The number of hydrogen-bond donors (Lipinski definition) is 3. The zero-order valence-corrected chi connectivity index (χ0v) is 11.5. The van der Waals surface area contributed by atoms with Crippen LogP contribution in [0.2, 0.25) is 5.02 Å². The Kier molecular flexibility index (Phi) is 5.44. The molecule has 1 amide bonds. The van der Waals surface area contributed by atoms with Crippen LogP contribution in [-0.2, 0) is 9.53 Å². The molecule has 0 unspecified atom stereocenters. The molecule has 0 aliphatic rings. The number of rotatable bonds is 5. The van der Waals surface area contributed by atoms with Gasteiger partial charge in [0, 0.05) is 12.2 Å². The van der Waals surface area contributed by atoms with Crippen molar-refractivity contribution in [2.75, 3.05) is 31.2 Å². The summed E-state index contributed by atoms with van der Waals surface area (Å²) in [6.45, 7) is 2.34. The summed E-state index contributed by atoms with van der Waals surface area (Å²) in [5, 5.41) is 5.69. The van der Waals surface area contributed by atoms with Crippen molar-refractivity contribution in [2.24, 2.45) is 0 Å². The van der Waals surface area contributed by atoms with Crippen molar-refractivity contribution in [2.45, 2.75) is 6.92 Å². The molecule has 0 heterocycles. The summed E-state index contributed by atoms with van der Waals surface area (Å²) in [5.41, 5.74) is 6.49. The average Bonchev–Trinajstić information content (AvgIpc) is 2.36. The van der Waals surface area contributed by atoms with E-state index in [1.807, 2.05) is 6.92 Å². The van der Waals surface area contributed by atoms with Gasteiger partial charge in [0.05, 0.1) is 29.9 Å². The van der Waals surface area contributed by atoms with E-state index >= 15 is 0 Å². The number of ether oxygens (including phenoxy) is 1. The highest BCUT2D eigenvalue weighted by Crippen LogP contribution is 2.29. The fourth-order valence-electron chi connectivity index (χ4n) is 1.51. The van der Waals surface area contributed by atoms with Crippen LogP contribution in [0.5, 0.6) is 0 Å². The first-order valence-electron chi connectivity index (χ1n) is 5.67. The van der Waals surface area contributed by atoms with Crippen LogP contribution < -0.4 is 16.4 Å². The van der Waals surface area contributed by atoms with Crippen molar-refractivity contribution in [3.05, 3.63) is 22.7 Å². The maximum absolute atomic E-state index is 11.6. The third-order valence-electron chi connectivity index (χ3n) is 2.32. The minimum absolute atomic E-state index is 0.00146. The van der Waals surface area contributed by atoms with Crippen molar-refractivity contribution >= 4 is 34.9 Å². The molecule has 0 atom stereocenters. The minimum atomic E-state index is -0.576. The first-order chi connectivity index (χ1) is 8.99. The number of halogens is 1. The zero-order valence-electron chi connectivity index (χ0n) is 10.7. The molecule has 19 heavy (non-hydrogen) atoms. The van der Waals surface area contributed by atoms with Crippen LogP contribution in [-0.4, -0.2) is 32.1 Å². The summed E-state index contributed by atoms with van der Waals surface area (Å²) < 4.78 is 4.65. The van der Waals surface area contributed by atoms with Gasteiger partial charge in [-0.25, -0.2) is 4.79 Å². The third-order valence-corrected chi connectivity index (χ3v) is 2.62. The Morgan fingerprint density at radius 3 is 2.68 bits per heavy atom. The fraction of sp³-hybridized carbons (Fsp3) is 0.333. The first kappa shape index (κ1) is 15.1. The summed E-state index contributed by atoms with van der Waals surface area (Å²) >= 11 is 6.01. The van der Waals surface area contributed by atoms with Gasteiger partial charge < -0.3 is 21.1 Å². The predicted octanol–water partition coefficient (Wildman–Crippen LogP) is 1.26. The second-order valence-corrected chi connectivity index (χ2v) is 4.13. The maximum atomic E-state index is 11.6. The number of nitrogen functional groups attached to an aromatic ring is 1.